The van der Waals surface area contributed by atoms with E-state index in [2.05, 4.69) is 63.4 Å². The van der Waals surface area contributed by atoms with Gasteiger partial charge < -0.3 is 10.2 Å². The van der Waals surface area contributed by atoms with Crippen LogP contribution < -0.4 is 5.32 Å². The highest BCUT2D eigenvalue weighted by molar-refractivity contribution is 14.0. The SMILES string of the molecule is CCNC(=NCCc1ccccn1)N1CCN(Cc2ccccc2)CC1.I. The predicted molar refractivity (Wildman–Crippen MR) is 123 cm³/mol. The van der Waals surface area contributed by atoms with Gasteiger partial charge in [0, 0.05) is 64.1 Å². The lowest BCUT2D eigenvalue weighted by atomic mass is 10.2. The third-order valence-corrected chi connectivity index (χ3v) is 4.61. The first-order valence-corrected chi connectivity index (χ1v) is 9.54. The van der Waals surface area contributed by atoms with Crippen molar-refractivity contribution >= 4 is 29.9 Å². The Morgan fingerprint density at radius 2 is 1.78 bits per heavy atom. The molecular weight excluding hydrogens is 449 g/mol. The second-order valence-corrected chi connectivity index (χ2v) is 6.56. The molecule has 3 rings (SSSR count). The fraction of sp³-hybridized carbons (Fsp3) is 0.429. The van der Waals surface area contributed by atoms with Crippen molar-refractivity contribution < 1.29 is 0 Å². The number of aromatic nitrogens is 1. The van der Waals surface area contributed by atoms with Crippen LogP contribution in [0.1, 0.15) is 18.2 Å². The standard InChI is InChI=1S/C21H29N5.HI/c1-2-22-21(24-13-11-20-10-6-7-12-23-20)26-16-14-25(15-17-26)18-19-8-4-3-5-9-19;/h3-10,12H,2,11,13-18H2,1H3,(H,22,24);1H. The second kappa shape index (κ2) is 11.9. The zero-order chi connectivity index (χ0) is 18.0. The van der Waals surface area contributed by atoms with Gasteiger partial charge in [0.05, 0.1) is 0 Å². The Hall–Kier alpha value is -1.67. The Bertz CT molecular complexity index is 669. The number of pyridine rings is 1. The van der Waals surface area contributed by atoms with Crippen molar-refractivity contribution in [3.63, 3.8) is 0 Å². The van der Waals surface area contributed by atoms with Crippen LogP contribution in [0.4, 0.5) is 0 Å². The summed E-state index contributed by atoms with van der Waals surface area (Å²) in [6.07, 6.45) is 2.72. The van der Waals surface area contributed by atoms with Gasteiger partial charge in [-0.25, -0.2) is 0 Å². The number of nitrogens with one attached hydrogen (secondary N) is 1. The molecule has 1 aliphatic heterocycles. The van der Waals surface area contributed by atoms with Crippen LogP contribution in [0.15, 0.2) is 59.7 Å². The molecule has 6 heteroatoms. The Morgan fingerprint density at radius 1 is 1.04 bits per heavy atom. The first kappa shape index (κ1) is 21.6. The Balaban J connectivity index is 0.00000261. The topological polar surface area (TPSA) is 43.8 Å². The van der Waals surface area contributed by atoms with Crippen LogP contribution in [0.25, 0.3) is 0 Å². The van der Waals surface area contributed by atoms with E-state index in [0.29, 0.717) is 0 Å². The molecular formula is C21H30IN5. The Kier molecular flexibility index (Phi) is 9.55. The second-order valence-electron chi connectivity index (χ2n) is 6.56. The van der Waals surface area contributed by atoms with Gasteiger partial charge in [-0.05, 0) is 24.6 Å². The van der Waals surface area contributed by atoms with E-state index >= 15 is 0 Å². The lowest BCUT2D eigenvalue weighted by Gasteiger charge is -2.36. The first-order chi connectivity index (χ1) is 12.8. The molecule has 5 nitrogen and oxygen atoms in total. The van der Waals surface area contributed by atoms with Crippen molar-refractivity contribution in [2.75, 3.05) is 39.3 Å². The van der Waals surface area contributed by atoms with Crippen molar-refractivity contribution in [2.45, 2.75) is 19.9 Å². The third-order valence-electron chi connectivity index (χ3n) is 4.61. The number of piperazine rings is 1. The monoisotopic (exact) mass is 479 g/mol. The van der Waals surface area contributed by atoms with E-state index in [9.17, 15) is 0 Å². The van der Waals surface area contributed by atoms with Gasteiger partial charge in [-0.15, -0.1) is 24.0 Å². The zero-order valence-electron chi connectivity index (χ0n) is 16.1. The Labute approximate surface area is 179 Å². The molecule has 0 radical (unpaired) electrons. The summed E-state index contributed by atoms with van der Waals surface area (Å²) in [6.45, 7) is 8.99. The van der Waals surface area contributed by atoms with Gasteiger partial charge in [-0.3, -0.25) is 14.9 Å². The van der Waals surface area contributed by atoms with Crippen LogP contribution in [0.3, 0.4) is 0 Å². The van der Waals surface area contributed by atoms with Crippen molar-refractivity contribution in [3.05, 3.63) is 66.0 Å². The number of hydrogen-bond donors (Lipinski definition) is 1. The number of hydrogen-bond acceptors (Lipinski definition) is 3. The molecule has 0 unspecified atom stereocenters. The van der Waals surface area contributed by atoms with Crippen molar-refractivity contribution in [1.29, 1.82) is 0 Å². The molecule has 0 aliphatic carbocycles. The summed E-state index contributed by atoms with van der Waals surface area (Å²) < 4.78 is 0. The summed E-state index contributed by atoms with van der Waals surface area (Å²) in [5, 5.41) is 3.44. The number of nitrogens with zero attached hydrogens (tertiary/aromatic N) is 4. The molecule has 0 atom stereocenters. The minimum Gasteiger partial charge on any atom is -0.357 e. The average Bonchev–Trinajstić information content (AvgIpc) is 2.70. The molecule has 146 valence electrons. The maximum atomic E-state index is 4.81. The Morgan fingerprint density at radius 3 is 2.44 bits per heavy atom. The normalized spacial score (nSPS) is 15.3. The molecule has 1 fully saturated rings. The van der Waals surface area contributed by atoms with Crippen LogP contribution >= 0.6 is 24.0 Å². The molecule has 2 aromatic rings. The van der Waals surface area contributed by atoms with Crippen molar-refractivity contribution in [3.8, 4) is 0 Å². The van der Waals surface area contributed by atoms with Crippen LogP contribution in [0, 0.1) is 0 Å². The molecule has 1 aromatic carbocycles. The zero-order valence-corrected chi connectivity index (χ0v) is 18.4. The molecule has 1 aliphatic rings. The predicted octanol–water partition coefficient (Wildman–Crippen LogP) is 3.03. The molecule has 1 aromatic heterocycles. The largest absolute Gasteiger partial charge is 0.357 e. The first-order valence-electron chi connectivity index (χ1n) is 9.54. The smallest absolute Gasteiger partial charge is 0.194 e. The van der Waals surface area contributed by atoms with E-state index in [1.165, 1.54) is 5.56 Å². The maximum Gasteiger partial charge on any atom is 0.194 e. The molecule has 1 saturated heterocycles. The van der Waals surface area contributed by atoms with Gasteiger partial charge in [0.1, 0.15) is 0 Å². The van der Waals surface area contributed by atoms with E-state index in [4.69, 9.17) is 4.99 Å². The fourth-order valence-electron chi connectivity index (χ4n) is 3.21. The minimum atomic E-state index is 0. The number of rotatable bonds is 6. The highest BCUT2D eigenvalue weighted by Crippen LogP contribution is 2.08. The van der Waals surface area contributed by atoms with E-state index in [1.807, 2.05) is 18.3 Å². The van der Waals surface area contributed by atoms with E-state index in [0.717, 1.165) is 63.9 Å². The summed E-state index contributed by atoms with van der Waals surface area (Å²) in [5.41, 5.74) is 2.48. The van der Waals surface area contributed by atoms with E-state index in [1.54, 1.807) is 0 Å². The molecule has 27 heavy (non-hydrogen) atoms. The number of guanidine groups is 1. The lowest BCUT2D eigenvalue weighted by Crippen LogP contribution is -2.52. The van der Waals surface area contributed by atoms with E-state index < -0.39 is 0 Å². The van der Waals surface area contributed by atoms with Crippen LogP contribution in [-0.2, 0) is 13.0 Å². The maximum absolute atomic E-state index is 4.81. The summed E-state index contributed by atoms with van der Waals surface area (Å²) >= 11 is 0. The molecule has 0 saturated carbocycles. The molecule has 0 amide bonds. The molecule has 0 spiro atoms. The number of halogens is 1. The van der Waals surface area contributed by atoms with Gasteiger partial charge in [-0.2, -0.15) is 0 Å². The molecule has 0 bridgehead atoms. The lowest BCUT2D eigenvalue weighted by molar-refractivity contribution is 0.172. The van der Waals surface area contributed by atoms with Gasteiger partial charge >= 0.3 is 0 Å². The summed E-state index contributed by atoms with van der Waals surface area (Å²) in [6, 6.07) is 16.8. The average molecular weight is 479 g/mol. The van der Waals surface area contributed by atoms with Crippen LogP contribution in [0.2, 0.25) is 0 Å². The van der Waals surface area contributed by atoms with Crippen LogP contribution in [-0.4, -0.2) is 60.0 Å². The number of aliphatic imine (C=N–C) groups is 1. The van der Waals surface area contributed by atoms with Gasteiger partial charge in [0.25, 0.3) is 0 Å². The minimum absolute atomic E-state index is 0. The van der Waals surface area contributed by atoms with Crippen molar-refractivity contribution in [1.82, 2.24) is 20.1 Å². The summed E-state index contributed by atoms with van der Waals surface area (Å²) in [4.78, 5) is 14.1. The van der Waals surface area contributed by atoms with Crippen LogP contribution in [0.5, 0.6) is 0 Å². The fourth-order valence-corrected chi connectivity index (χ4v) is 3.21. The van der Waals surface area contributed by atoms with Gasteiger partial charge in [-0.1, -0.05) is 36.4 Å². The highest BCUT2D eigenvalue weighted by atomic mass is 127. The third kappa shape index (κ3) is 7.10. The highest BCUT2D eigenvalue weighted by Gasteiger charge is 2.19. The van der Waals surface area contributed by atoms with Gasteiger partial charge in [0.15, 0.2) is 5.96 Å². The number of benzene rings is 1. The van der Waals surface area contributed by atoms with E-state index in [-0.39, 0.29) is 24.0 Å². The quantitative estimate of drug-likeness (QED) is 0.393. The van der Waals surface area contributed by atoms with Crippen molar-refractivity contribution in [2.24, 2.45) is 4.99 Å². The summed E-state index contributed by atoms with van der Waals surface area (Å²) in [5.74, 6) is 1.03. The summed E-state index contributed by atoms with van der Waals surface area (Å²) in [7, 11) is 0. The molecule has 2 heterocycles. The van der Waals surface area contributed by atoms with Gasteiger partial charge in [0.2, 0.25) is 0 Å². The molecule has 1 N–H and O–H groups in total.